The Morgan fingerprint density at radius 3 is 1.29 bits per heavy atom. The van der Waals surface area contributed by atoms with Crippen molar-refractivity contribution in [2.24, 2.45) is 0 Å². The summed E-state index contributed by atoms with van der Waals surface area (Å²) in [5.74, 6) is 0. The Hall–Kier alpha value is -0.0800. The predicted octanol–water partition coefficient (Wildman–Crippen LogP) is 2.30. The average molecular weight is 198 g/mol. The van der Waals surface area contributed by atoms with Gasteiger partial charge in [0.25, 0.3) is 0 Å². The lowest BCUT2D eigenvalue weighted by Gasteiger charge is -2.18. The summed E-state index contributed by atoms with van der Waals surface area (Å²) in [5.41, 5.74) is 0. The molecule has 0 radical (unpaired) electrons. The van der Waals surface area contributed by atoms with E-state index in [1.165, 1.54) is 51.6 Å². The summed E-state index contributed by atoms with van der Waals surface area (Å²) in [6.07, 6.45) is 8.36. The minimum Gasteiger partial charge on any atom is -0.314 e. The predicted molar refractivity (Wildman–Crippen MR) is 62.6 cm³/mol. The van der Waals surface area contributed by atoms with E-state index in [1.807, 2.05) is 0 Å². The van der Waals surface area contributed by atoms with Crippen molar-refractivity contribution in [3.63, 3.8) is 0 Å². The van der Waals surface area contributed by atoms with Crippen LogP contribution >= 0.6 is 0 Å². The quantitative estimate of drug-likeness (QED) is 0.624. The third kappa shape index (κ3) is 5.61. The molecule has 2 atom stereocenters. The van der Waals surface area contributed by atoms with Crippen LogP contribution in [0.3, 0.4) is 0 Å². The van der Waals surface area contributed by atoms with Gasteiger partial charge in [0.05, 0.1) is 0 Å². The van der Waals surface area contributed by atoms with Gasteiger partial charge in [-0.05, 0) is 52.6 Å². The van der Waals surface area contributed by atoms with Gasteiger partial charge in [-0.1, -0.05) is 12.8 Å². The molecule has 2 rings (SSSR count). The number of hydrogen-bond acceptors (Lipinski definition) is 2. The van der Waals surface area contributed by atoms with Crippen LogP contribution in [0.25, 0.3) is 0 Å². The normalized spacial score (nSPS) is 33.0. The van der Waals surface area contributed by atoms with Crippen LogP contribution < -0.4 is 10.6 Å². The summed E-state index contributed by atoms with van der Waals surface area (Å²) in [6.45, 7) is 6.97. The van der Waals surface area contributed by atoms with Crippen molar-refractivity contribution in [2.75, 3.05) is 13.1 Å². The van der Waals surface area contributed by atoms with Crippen molar-refractivity contribution in [1.82, 2.24) is 10.6 Å². The molecular weight excluding hydrogens is 172 g/mol. The highest BCUT2D eigenvalue weighted by atomic mass is 14.9. The van der Waals surface area contributed by atoms with Gasteiger partial charge in [-0.2, -0.15) is 0 Å². The molecule has 14 heavy (non-hydrogen) atoms. The Balaban J connectivity index is 0.000000140. The standard InChI is InChI=1S/2C6H13N/c2*1-6-4-2-3-5-7-6/h2*6-7H,2-5H2,1H3. The van der Waals surface area contributed by atoms with E-state index >= 15 is 0 Å². The fraction of sp³-hybridized carbons (Fsp3) is 1.00. The maximum Gasteiger partial charge on any atom is 0.00387 e. The molecule has 2 heterocycles. The molecule has 2 saturated heterocycles. The Kier molecular flexibility index (Phi) is 6.20. The van der Waals surface area contributed by atoms with E-state index in [1.54, 1.807) is 0 Å². The van der Waals surface area contributed by atoms with E-state index in [4.69, 9.17) is 0 Å². The molecule has 0 spiro atoms. The van der Waals surface area contributed by atoms with E-state index in [0.29, 0.717) is 0 Å². The zero-order valence-electron chi connectivity index (χ0n) is 9.81. The second-order valence-corrected chi connectivity index (χ2v) is 4.70. The minimum atomic E-state index is 0.786. The van der Waals surface area contributed by atoms with Gasteiger partial charge < -0.3 is 10.6 Å². The Morgan fingerprint density at radius 2 is 1.14 bits per heavy atom. The summed E-state index contributed by atoms with van der Waals surface area (Å²) in [6, 6.07) is 1.57. The molecule has 0 aromatic carbocycles. The molecule has 2 N–H and O–H groups in total. The van der Waals surface area contributed by atoms with E-state index in [9.17, 15) is 0 Å². The van der Waals surface area contributed by atoms with Crippen LogP contribution in [0.2, 0.25) is 0 Å². The van der Waals surface area contributed by atoms with Gasteiger partial charge >= 0.3 is 0 Å². The van der Waals surface area contributed by atoms with E-state index in [-0.39, 0.29) is 0 Å². The van der Waals surface area contributed by atoms with Gasteiger partial charge in [-0.3, -0.25) is 0 Å². The molecule has 0 aromatic rings. The van der Waals surface area contributed by atoms with E-state index in [0.717, 1.165) is 12.1 Å². The molecule has 2 aliphatic rings. The van der Waals surface area contributed by atoms with Gasteiger partial charge in [0, 0.05) is 12.1 Å². The molecule has 2 heteroatoms. The lowest BCUT2D eigenvalue weighted by atomic mass is 10.1. The van der Waals surface area contributed by atoms with Crippen LogP contribution in [0.1, 0.15) is 52.4 Å². The smallest absolute Gasteiger partial charge is 0.00387 e. The SMILES string of the molecule is CC1CCCCN1.CC1CCCCN1. The van der Waals surface area contributed by atoms with Gasteiger partial charge in [-0.25, -0.2) is 0 Å². The lowest BCUT2D eigenvalue weighted by Crippen LogP contribution is -2.30. The first-order valence-electron chi connectivity index (χ1n) is 6.26. The fourth-order valence-electron chi connectivity index (χ4n) is 2.05. The molecule has 84 valence electrons. The topological polar surface area (TPSA) is 24.1 Å². The monoisotopic (exact) mass is 198 g/mol. The van der Waals surface area contributed by atoms with Crippen LogP contribution in [0.5, 0.6) is 0 Å². The highest BCUT2D eigenvalue weighted by molar-refractivity contribution is 4.66. The van der Waals surface area contributed by atoms with Crippen molar-refractivity contribution in [2.45, 2.75) is 64.5 Å². The number of piperidine rings is 2. The van der Waals surface area contributed by atoms with E-state index in [2.05, 4.69) is 24.5 Å². The van der Waals surface area contributed by atoms with Crippen molar-refractivity contribution in [1.29, 1.82) is 0 Å². The van der Waals surface area contributed by atoms with Crippen molar-refractivity contribution in [3.8, 4) is 0 Å². The first-order valence-corrected chi connectivity index (χ1v) is 6.26. The number of hydrogen-bond donors (Lipinski definition) is 2. The summed E-state index contributed by atoms with van der Waals surface area (Å²) >= 11 is 0. The maximum atomic E-state index is 3.38. The molecule has 0 bridgehead atoms. The third-order valence-electron chi connectivity index (χ3n) is 3.11. The van der Waals surface area contributed by atoms with Crippen molar-refractivity contribution >= 4 is 0 Å². The molecule has 0 amide bonds. The first kappa shape index (κ1) is 12.0. The van der Waals surface area contributed by atoms with Crippen molar-refractivity contribution < 1.29 is 0 Å². The summed E-state index contributed by atoms with van der Waals surface area (Å²) in [7, 11) is 0. The molecule has 2 fully saturated rings. The molecule has 2 unspecified atom stereocenters. The van der Waals surface area contributed by atoms with Crippen LogP contribution in [-0.2, 0) is 0 Å². The zero-order chi connectivity index (χ0) is 10.2. The zero-order valence-corrected chi connectivity index (χ0v) is 9.81. The maximum absolute atomic E-state index is 3.38. The van der Waals surface area contributed by atoms with Gasteiger partial charge in [-0.15, -0.1) is 0 Å². The second-order valence-electron chi connectivity index (χ2n) is 4.70. The summed E-state index contributed by atoms with van der Waals surface area (Å²) < 4.78 is 0. The lowest BCUT2D eigenvalue weighted by molar-refractivity contribution is 0.425. The van der Waals surface area contributed by atoms with Crippen LogP contribution in [0.4, 0.5) is 0 Å². The Morgan fingerprint density at radius 1 is 0.714 bits per heavy atom. The molecule has 0 saturated carbocycles. The summed E-state index contributed by atoms with van der Waals surface area (Å²) in [4.78, 5) is 0. The van der Waals surface area contributed by atoms with Crippen LogP contribution in [0.15, 0.2) is 0 Å². The summed E-state index contributed by atoms with van der Waals surface area (Å²) in [5, 5.41) is 6.76. The molecular formula is C12H26N2. The highest BCUT2D eigenvalue weighted by Gasteiger charge is 2.04. The molecule has 2 aliphatic heterocycles. The van der Waals surface area contributed by atoms with Gasteiger partial charge in [0.15, 0.2) is 0 Å². The van der Waals surface area contributed by atoms with Crippen molar-refractivity contribution in [3.05, 3.63) is 0 Å². The van der Waals surface area contributed by atoms with E-state index < -0.39 is 0 Å². The number of nitrogens with one attached hydrogen (secondary N) is 2. The minimum absolute atomic E-state index is 0.786. The molecule has 0 aromatic heterocycles. The molecule has 0 aliphatic carbocycles. The first-order chi connectivity index (χ1) is 6.79. The Labute approximate surface area is 88.8 Å². The fourth-order valence-corrected chi connectivity index (χ4v) is 2.05. The molecule has 2 nitrogen and oxygen atoms in total. The van der Waals surface area contributed by atoms with Gasteiger partial charge in [0.2, 0.25) is 0 Å². The highest BCUT2D eigenvalue weighted by Crippen LogP contribution is 2.05. The van der Waals surface area contributed by atoms with Crippen LogP contribution in [0, 0.1) is 0 Å². The van der Waals surface area contributed by atoms with Crippen LogP contribution in [-0.4, -0.2) is 25.2 Å². The Bertz CT molecular complexity index is 108. The number of rotatable bonds is 0. The second kappa shape index (κ2) is 7.24. The largest absolute Gasteiger partial charge is 0.314 e. The van der Waals surface area contributed by atoms with Gasteiger partial charge in [0.1, 0.15) is 0 Å². The third-order valence-corrected chi connectivity index (χ3v) is 3.11. The average Bonchev–Trinajstić information content (AvgIpc) is 2.21.